The van der Waals surface area contributed by atoms with Crippen LogP contribution in [0.1, 0.15) is 32.6 Å². The van der Waals surface area contributed by atoms with E-state index >= 15 is 0 Å². The van der Waals surface area contributed by atoms with Crippen molar-refractivity contribution in [3.63, 3.8) is 0 Å². The fraction of sp³-hybridized carbons (Fsp3) is 0.857. The zero-order chi connectivity index (χ0) is 13.7. The van der Waals surface area contributed by atoms with Crippen LogP contribution in [0.3, 0.4) is 0 Å². The summed E-state index contributed by atoms with van der Waals surface area (Å²) in [5.74, 6) is 1.15. The van der Waals surface area contributed by atoms with Gasteiger partial charge >= 0.3 is 0 Å². The van der Waals surface area contributed by atoms with Crippen LogP contribution in [-0.4, -0.2) is 49.4 Å². The maximum absolute atomic E-state index is 12.4. The highest BCUT2D eigenvalue weighted by molar-refractivity contribution is 5.79. The molecule has 1 saturated carbocycles. The molecule has 0 radical (unpaired) electrons. The molecule has 2 N–H and O–H groups in total. The van der Waals surface area contributed by atoms with Gasteiger partial charge in [0.2, 0.25) is 11.8 Å². The van der Waals surface area contributed by atoms with Crippen molar-refractivity contribution in [1.82, 2.24) is 15.5 Å². The summed E-state index contributed by atoms with van der Waals surface area (Å²) in [6.45, 7) is 5.87. The molecule has 0 aromatic heterocycles. The van der Waals surface area contributed by atoms with Gasteiger partial charge in [-0.1, -0.05) is 0 Å². The van der Waals surface area contributed by atoms with Crippen LogP contribution >= 0.6 is 0 Å². The van der Waals surface area contributed by atoms with Gasteiger partial charge in [-0.3, -0.25) is 9.59 Å². The topological polar surface area (TPSA) is 61.4 Å². The van der Waals surface area contributed by atoms with Gasteiger partial charge in [-0.2, -0.15) is 0 Å². The first-order chi connectivity index (χ1) is 9.16. The molecule has 1 aliphatic carbocycles. The molecule has 0 aromatic rings. The van der Waals surface area contributed by atoms with Crippen LogP contribution < -0.4 is 10.6 Å². The Morgan fingerprint density at radius 1 is 1.16 bits per heavy atom. The van der Waals surface area contributed by atoms with Crippen LogP contribution in [0.25, 0.3) is 0 Å². The number of nitrogens with one attached hydrogen (secondary N) is 2. The monoisotopic (exact) mass is 267 g/mol. The largest absolute Gasteiger partial charge is 0.356 e. The van der Waals surface area contributed by atoms with E-state index in [4.69, 9.17) is 0 Å². The predicted molar refractivity (Wildman–Crippen MR) is 73.6 cm³/mol. The highest BCUT2D eigenvalue weighted by Crippen LogP contribution is 2.29. The number of carbonyl (C=O) groups is 2. The molecule has 1 saturated heterocycles. The Hall–Kier alpha value is -1.10. The minimum absolute atomic E-state index is 0.0408. The van der Waals surface area contributed by atoms with E-state index in [0.717, 1.165) is 58.4 Å². The molecule has 0 aromatic carbocycles. The summed E-state index contributed by atoms with van der Waals surface area (Å²) in [4.78, 5) is 25.3. The lowest BCUT2D eigenvalue weighted by molar-refractivity contribution is -0.137. The highest BCUT2D eigenvalue weighted by atomic mass is 16.2. The minimum Gasteiger partial charge on any atom is -0.356 e. The Bertz CT molecular complexity index is 319. The maximum Gasteiger partial charge on any atom is 0.225 e. The summed E-state index contributed by atoms with van der Waals surface area (Å²) in [5.41, 5.74) is 0. The number of hydrogen-bond donors (Lipinski definition) is 2. The normalized spacial score (nSPS) is 27.9. The third-order valence-electron chi connectivity index (χ3n) is 4.26. The van der Waals surface area contributed by atoms with Gasteiger partial charge in [-0.05, 0) is 31.6 Å². The van der Waals surface area contributed by atoms with Crippen molar-refractivity contribution in [2.24, 2.45) is 11.8 Å². The molecule has 1 heterocycles. The van der Waals surface area contributed by atoms with Crippen LogP contribution in [-0.2, 0) is 9.59 Å². The van der Waals surface area contributed by atoms with Gasteiger partial charge in [0.25, 0.3) is 0 Å². The van der Waals surface area contributed by atoms with Crippen LogP contribution in [0.5, 0.6) is 0 Å². The third kappa shape index (κ3) is 4.20. The van der Waals surface area contributed by atoms with E-state index in [9.17, 15) is 9.59 Å². The Morgan fingerprint density at radius 3 is 2.37 bits per heavy atom. The second kappa shape index (κ2) is 6.89. The average Bonchev–Trinajstić information content (AvgIpc) is 2.46. The van der Waals surface area contributed by atoms with Crippen molar-refractivity contribution in [2.75, 3.05) is 32.7 Å². The standard InChI is InChI=1S/C14H25N3O2/c1-11(18)16-10-12-2-4-13(5-3-12)14(19)17-8-6-15-7-9-17/h12-13,15H,2-10H2,1H3,(H,16,18). The number of amides is 2. The Morgan fingerprint density at radius 2 is 1.79 bits per heavy atom. The molecule has 2 aliphatic rings. The molecule has 0 atom stereocenters. The smallest absolute Gasteiger partial charge is 0.225 e. The fourth-order valence-electron chi connectivity index (χ4n) is 3.05. The van der Waals surface area contributed by atoms with Crippen molar-refractivity contribution < 1.29 is 9.59 Å². The molecule has 5 nitrogen and oxygen atoms in total. The number of carbonyl (C=O) groups excluding carboxylic acids is 2. The van der Waals surface area contributed by atoms with E-state index < -0.39 is 0 Å². The van der Waals surface area contributed by atoms with Gasteiger partial charge in [-0.15, -0.1) is 0 Å². The van der Waals surface area contributed by atoms with Crippen molar-refractivity contribution in [1.29, 1.82) is 0 Å². The van der Waals surface area contributed by atoms with Crippen LogP contribution in [0.2, 0.25) is 0 Å². The van der Waals surface area contributed by atoms with Gasteiger partial charge in [0.1, 0.15) is 0 Å². The first-order valence-corrected chi connectivity index (χ1v) is 7.40. The molecule has 2 amide bonds. The molecule has 5 heteroatoms. The van der Waals surface area contributed by atoms with Crippen molar-refractivity contribution in [3.05, 3.63) is 0 Å². The van der Waals surface area contributed by atoms with Gasteiger partial charge in [0.15, 0.2) is 0 Å². The van der Waals surface area contributed by atoms with Crippen LogP contribution in [0.15, 0.2) is 0 Å². The Balaban J connectivity index is 1.72. The molecule has 0 spiro atoms. The lowest BCUT2D eigenvalue weighted by Crippen LogP contribution is -2.49. The summed E-state index contributed by atoms with van der Waals surface area (Å²) in [6.07, 6.45) is 4.07. The molecule has 0 bridgehead atoms. The average molecular weight is 267 g/mol. The van der Waals surface area contributed by atoms with E-state index in [-0.39, 0.29) is 11.8 Å². The summed E-state index contributed by atoms with van der Waals surface area (Å²) >= 11 is 0. The lowest BCUT2D eigenvalue weighted by Gasteiger charge is -2.34. The molecule has 2 fully saturated rings. The van der Waals surface area contributed by atoms with Crippen molar-refractivity contribution >= 4 is 11.8 Å². The summed E-state index contributed by atoms with van der Waals surface area (Å²) in [7, 11) is 0. The van der Waals surface area contributed by atoms with Gasteiger partial charge < -0.3 is 15.5 Å². The molecule has 19 heavy (non-hydrogen) atoms. The zero-order valence-electron chi connectivity index (χ0n) is 11.8. The minimum atomic E-state index is 0.0408. The second-order valence-electron chi connectivity index (χ2n) is 5.73. The fourth-order valence-corrected chi connectivity index (χ4v) is 3.05. The van der Waals surface area contributed by atoms with E-state index in [1.54, 1.807) is 6.92 Å². The molecule has 108 valence electrons. The van der Waals surface area contributed by atoms with Gasteiger partial charge in [-0.25, -0.2) is 0 Å². The maximum atomic E-state index is 12.4. The quantitative estimate of drug-likeness (QED) is 0.776. The summed E-state index contributed by atoms with van der Waals surface area (Å²) in [6, 6.07) is 0. The van der Waals surface area contributed by atoms with Crippen molar-refractivity contribution in [2.45, 2.75) is 32.6 Å². The Kier molecular flexibility index (Phi) is 5.19. The molecule has 2 rings (SSSR count). The lowest BCUT2D eigenvalue weighted by atomic mass is 9.81. The van der Waals surface area contributed by atoms with Crippen molar-refractivity contribution in [3.8, 4) is 0 Å². The molecular weight excluding hydrogens is 242 g/mol. The predicted octanol–water partition coefficient (Wildman–Crippen LogP) is 0.361. The van der Waals surface area contributed by atoms with E-state index in [1.807, 2.05) is 4.90 Å². The van der Waals surface area contributed by atoms with Crippen LogP contribution in [0, 0.1) is 11.8 Å². The number of nitrogens with zero attached hydrogens (tertiary/aromatic N) is 1. The Labute approximate surface area is 115 Å². The summed E-state index contributed by atoms with van der Waals surface area (Å²) in [5, 5.41) is 6.15. The van der Waals surface area contributed by atoms with E-state index in [2.05, 4.69) is 10.6 Å². The molecular formula is C14H25N3O2. The first kappa shape index (κ1) is 14.3. The number of piperazine rings is 1. The summed E-state index contributed by atoms with van der Waals surface area (Å²) < 4.78 is 0. The highest BCUT2D eigenvalue weighted by Gasteiger charge is 2.29. The number of hydrogen-bond acceptors (Lipinski definition) is 3. The van der Waals surface area contributed by atoms with E-state index in [0.29, 0.717) is 11.8 Å². The molecule has 0 unspecified atom stereocenters. The SMILES string of the molecule is CC(=O)NCC1CCC(C(=O)N2CCNCC2)CC1. The zero-order valence-corrected chi connectivity index (χ0v) is 11.8. The molecule has 1 aliphatic heterocycles. The van der Waals surface area contributed by atoms with Crippen LogP contribution in [0.4, 0.5) is 0 Å². The first-order valence-electron chi connectivity index (χ1n) is 7.40. The van der Waals surface area contributed by atoms with Gasteiger partial charge in [0, 0.05) is 45.6 Å². The second-order valence-corrected chi connectivity index (χ2v) is 5.73. The third-order valence-corrected chi connectivity index (χ3v) is 4.26. The van der Waals surface area contributed by atoms with Gasteiger partial charge in [0.05, 0.1) is 0 Å². The van der Waals surface area contributed by atoms with E-state index in [1.165, 1.54) is 0 Å². The number of rotatable bonds is 3.